The minimum Gasteiger partial charge on any atom is -0.465 e. The van der Waals surface area contributed by atoms with Crippen molar-refractivity contribution in [1.82, 2.24) is 0 Å². The number of thioether (sulfide) groups is 1. The monoisotopic (exact) mass is 304 g/mol. The molecule has 0 N–H and O–H groups in total. The van der Waals surface area contributed by atoms with E-state index in [0.717, 1.165) is 0 Å². The third kappa shape index (κ3) is 2.54. The number of ketones is 1. The summed E-state index contributed by atoms with van der Waals surface area (Å²) in [5, 5.41) is 0. The van der Waals surface area contributed by atoms with E-state index in [1.165, 1.54) is 13.0 Å². The lowest BCUT2D eigenvalue weighted by atomic mass is 10.0. The number of ether oxygens (including phenoxy) is 1. The lowest BCUT2D eigenvalue weighted by Gasteiger charge is -2.25. The zero-order valence-corrected chi connectivity index (χ0v) is 11.3. The number of carbonyl (C=O) groups excluding carboxylic acids is 2. The second-order valence-corrected chi connectivity index (χ2v) is 5.62. The first-order valence-electron chi connectivity index (χ1n) is 5.87. The summed E-state index contributed by atoms with van der Waals surface area (Å²) in [6, 6.07) is 6.14. The van der Waals surface area contributed by atoms with Crippen molar-refractivity contribution < 1.29 is 27.5 Å². The molecule has 0 heterocycles. The van der Waals surface area contributed by atoms with Gasteiger partial charge in [0.05, 0.1) is 6.61 Å². The molecule has 3 nitrogen and oxygen atoms in total. The number of hydrogen-bond donors (Lipinski definition) is 0. The minimum absolute atomic E-state index is 0.0807. The van der Waals surface area contributed by atoms with Crippen molar-refractivity contribution in [2.24, 2.45) is 0 Å². The molecule has 1 atom stereocenters. The molecule has 0 saturated carbocycles. The number of Topliss-reactive ketones (excluding diaryl/α,β-unsaturated/α-hetero) is 1. The second kappa shape index (κ2) is 5.12. The molecule has 1 aliphatic rings. The highest BCUT2D eigenvalue weighted by atomic mass is 32.2. The topological polar surface area (TPSA) is 43.4 Å². The maximum atomic E-state index is 12.8. The smallest absolute Gasteiger partial charge is 0.443 e. The predicted octanol–water partition coefficient (Wildman–Crippen LogP) is 2.98. The Morgan fingerprint density at radius 3 is 2.60 bits per heavy atom. The van der Waals surface area contributed by atoms with E-state index in [-0.39, 0.29) is 18.6 Å². The fourth-order valence-corrected chi connectivity index (χ4v) is 3.16. The van der Waals surface area contributed by atoms with E-state index in [1.54, 1.807) is 18.2 Å². The van der Waals surface area contributed by atoms with Crippen molar-refractivity contribution in [2.75, 3.05) is 6.61 Å². The van der Waals surface area contributed by atoms with Gasteiger partial charge in [0.15, 0.2) is 10.5 Å². The molecule has 2 rings (SSSR count). The van der Waals surface area contributed by atoms with Crippen LogP contribution in [0.1, 0.15) is 22.8 Å². The summed E-state index contributed by atoms with van der Waals surface area (Å²) in [7, 11) is 0. The predicted molar refractivity (Wildman–Crippen MR) is 67.5 cm³/mol. The summed E-state index contributed by atoms with van der Waals surface area (Å²) >= 11 is -0.600. The molecular weight excluding hydrogens is 293 g/mol. The summed E-state index contributed by atoms with van der Waals surface area (Å²) in [4.78, 5) is 24.3. The number of esters is 1. The zero-order valence-electron chi connectivity index (χ0n) is 10.5. The van der Waals surface area contributed by atoms with Crippen molar-refractivity contribution >= 4 is 23.5 Å². The zero-order chi connectivity index (χ0) is 15.0. The Morgan fingerprint density at radius 2 is 2.05 bits per heavy atom. The number of carbonyl (C=O) groups is 2. The van der Waals surface area contributed by atoms with E-state index >= 15 is 0 Å². The number of rotatable bonds is 3. The Hall–Kier alpha value is -1.50. The van der Waals surface area contributed by atoms with Gasteiger partial charge in [-0.2, -0.15) is 13.2 Å². The van der Waals surface area contributed by atoms with E-state index in [4.69, 9.17) is 4.74 Å². The van der Waals surface area contributed by atoms with E-state index < -0.39 is 33.8 Å². The van der Waals surface area contributed by atoms with E-state index in [1.807, 2.05) is 0 Å². The van der Waals surface area contributed by atoms with Crippen LogP contribution >= 0.6 is 11.8 Å². The van der Waals surface area contributed by atoms with Crippen LogP contribution in [0.2, 0.25) is 0 Å². The van der Waals surface area contributed by atoms with Crippen LogP contribution in [0.15, 0.2) is 24.3 Å². The molecule has 0 bridgehead atoms. The molecule has 20 heavy (non-hydrogen) atoms. The van der Waals surface area contributed by atoms with Gasteiger partial charge in [-0.3, -0.25) is 9.59 Å². The van der Waals surface area contributed by atoms with Gasteiger partial charge in [-0.25, -0.2) is 0 Å². The first kappa shape index (κ1) is 14.9. The van der Waals surface area contributed by atoms with Gasteiger partial charge in [-0.15, -0.1) is 0 Å². The third-order valence-corrected chi connectivity index (χ3v) is 4.04. The summed E-state index contributed by atoms with van der Waals surface area (Å²) < 4.78 is 40.7. The van der Waals surface area contributed by atoms with Gasteiger partial charge in [-0.1, -0.05) is 24.3 Å². The van der Waals surface area contributed by atoms with Crippen LogP contribution < -0.4 is 0 Å². The van der Waals surface area contributed by atoms with Gasteiger partial charge in [0.25, 0.3) is 0 Å². The number of alkyl halides is 3. The molecule has 7 heteroatoms. The Labute approximate surface area is 117 Å². The van der Waals surface area contributed by atoms with Crippen LogP contribution in [0.25, 0.3) is 0 Å². The molecule has 0 amide bonds. The van der Waals surface area contributed by atoms with E-state index in [9.17, 15) is 22.8 Å². The van der Waals surface area contributed by atoms with Crippen LogP contribution in [0.3, 0.4) is 0 Å². The maximum Gasteiger partial charge on any atom is 0.443 e. The van der Waals surface area contributed by atoms with E-state index in [2.05, 4.69) is 0 Å². The lowest BCUT2D eigenvalue weighted by Crippen LogP contribution is -2.45. The largest absolute Gasteiger partial charge is 0.465 e. The Kier molecular flexibility index (Phi) is 3.82. The van der Waals surface area contributed by atoms with Crippen molar-refractivity contribution in [2.45, 2.75) is 23.6 Å². The number of hydrogen-bond acceptors (Lipinski definition) is 4. The van der Waals surface area contributed by atoms with Crippen LogP contribution in [-0.4, -0.2) is 28.6 Å². The highest BCUT2D eigenvalue weighted by Crippen LogP contribution is 2.48. The van der Waals surface area contributed by atoms with E-state index in [0.29, 0.717) is 5.56 Å². The van der Waals surface area contributed by atoms with Crippen molar-refractivity contribution in [3.05, 3.63) is 35.4 Å². The summed E-state index contributed by atoms with van der Waals surface area (Å²) in [5.41, 5.74) is -4.12. The summed E-state index contributed by atoms with van der Waals surface area (Å²) in [6.07, 6.45) is -0.301. The first-order chi connectivity index (χ1) is 9.30. The standard InChI is InChI=1S/C13H11F3O3S/c1-2-19-11(18)12(20-13(14,15)16)7-8-5-3-4-6-9(8)10(12)17/h3-6H,2,7H2,1H3. The van der Waals surface area contributed by atoms with Gasteiger partial charge in [0.1, 0.15) is 0 Å². The van der Waals surface area contributed by atoms with Crippen LogP contribution in [0.4, 0.5) is 13.2 Å². The molecular formula is C13H11F3O3S. The van der Waals surface area contributed by atoms with Gasteiger partial charge < -0.3 is 4.74 Å². The van der Waals surface area contributed by atoms with Gasteiger partial charge >= 0.3 is 11.5 Å². The van der Waals surface area contributed by atoms with Crippen LogP contribution in [0.5, 0.6) is 0 Å². The molecule has 0 fully saturated rings. The normalized spacial score (nSPS) is 21.7. The van der Waals surface area contributed by atoms with Crippen LogP contribution in [-0.2, 0) is 16.0 Å². The summed E-state index contributed by atoms with van der Waals surface area (Å²) in [5.74, 6) is -1.97. The molecule has 0 spiro atoms. The molecule has 0 saturated heterocycles. The molecule has 0 aromatic heterocycles. The van der Waals surface area contributed by atoms with Crippen molar-refractivity contribution in [3.8, 4) is 0 Å². The molecule has 1 unspecified atom stereocenters. The van der Waals surface area contributed by atoms with Gasteiger partial charge in [0, 0.05) is 12.0 Å². The third-order valence-electron chi connectivity index (χ3n) is 2.96. The fourth-order valence-electron chi connectivity index (χ4n) is 2.20. The SMILES string of the molecule is CCOC(=O)C1(SC(F)(F)F)Cc2ccccc2C1=O. The molecule has 0 aliphatic heterocycles. The summed E-state index contributed by atoms with van der Waals surface area (Å²) in [6.45, 7) is 1.40. The first-order valence-corrected chi connectivity index (χ1v) is 6.68. The number of fused-ring (bicyclic) bond motifs is 1. The van der Waals surface area contributed by atoms with Crippen LogP contribution in [0, 0.1) is 0 Å². The minimum atomic E-state index is -4.70. The molecule has 0 radical (unpaired) electrons. The maximum absolute atomic E-state index is 12.8. The number of benzene rings is 1. The Balaban J connectivity index is 2.46. The molecule has 1 aliphatic carbocycles. The average Bonchev–Trinajstić information content (AvgIpc) is 2.63. The molecule has 108 valence electrons. The highest BCUT2D eigenvalue weighted by molar-refractivity contribution is 8.03. The molecule has 1 aromatic carbocycles. The lowest BCUT2D eigenvalue weighted by molar-refractivity contribution is -0.144. The van der Waals surface area contributed by atoms with Gasteiger partial charge in [-0.05, 0) is 24.2 Å². The molecule has 1 aromatic rings. The van der Waals surface area contributed by atoms with Gasteiger partial charge in [0.2, 0.25) is 0 Å². The Morgan fingerprint density at radius 1 is 1.40 bits per heavy atom. The number of halogens is 3. The Bertz CT molecular complexity index is 556. The highest BCUT2D eigenvalue weighted by Gasteiger charge is 2.59. The average molecular weight is 304 g/mol. The second-order valence-electron chi connectivity index (χ2n) is 4.26. The fraction of sp³-hybridized carbons (Fsp3) is 0.385. The van der Waals surface area contributed by atoms with Crippen molar-refractivity contribution in [3.63, 3.8) is 0 Å². The van der Waals surface area contributed by atoms with Crippen molar-refractivity contribution in [1.29, 1.82) is 0 Å². The quantitative estimate of drug-likeness (QED) is 0.636.